The van der Waals surface area contributed by atoms with Gasteiger partial charge in [0.05, 0.1) is 10.4 Å². The molecule has 0 spiro atoms. The van der Waals surface area contributed by atoms with Crippen LogP contribution in [0.5, 0.6) is 0 Å². The Labute approximate surface area is 105 Å². The van der Waals surface area contributed by atoms with Gasteiger partial charge in [-0.05, 0) is 26.0 Å². The van der Waals surface area contributed by atoms with E-state index in [-0.39, 0.29) is 18.1 Å². The third-order valence-corrected chi connectivity index (χ3v) is 4.26. The van der Waals surface area contributed by atoms with Gasteiger partial charge in [0, 0.05) is 24.5 Å². The maximum absolute atomic E-state index is 12.0. The maximum atomic E-state index is 12.0. The first kappa shape index (κ1) is 11.7. The van der Waals surface area contributed by atoms with Gasteiger partial charge in [0.25, 0.3) is 0 Å². The second-order valence-corrected chi connectivity index (χ2v) is 6.04. The first-order valence-corrected chi connectivity index (χ1v) is 6.49. The molecular formula is C11H15ClN2OS. The fourth-order valence-electron chi connectivity index (χ4n) is 1.94. The fraction of sp³-hybridized carbons (Fsp3) is 0.545. The zero-order valence-electron chi connectivity index (χ0n) is 9.61. The molecule has 88 valence electrons. The van der Waals surface area contributed by atoms with Gasteiger partial charge in [-0.15, -0.1) is 11.3 Å². The summed E-state index contributed by atoms with van der Waals surface area (Å²) in [6.45, 7) is 4.83. The molecule has 3 nitrogen and oxygen atoms in total. The van der Waals surface area contributed by atoms with Crippen LogP contribution in [-0.2, 0) is 0 Å². The van der Waals surface area contributed by atoms with E-state index < -0.39 is 0 Å². The minimum Gasteiger partial charge on any atom is -0.320 e. The summed E-state index contributed by atoms with van der Waals surface area (Å²) >= 11 is 7.47. The van der Waals surface area contributed by atoms with Crippen molar-refractivity contribution >= 4 is 29.0 Å². The molecule has 1 fully saturated rings. The summed E-state index contributed by atoms with van der Waals surface area (Å²) in [6.07, 6.45) is 0. The molecule has 2 rings (SSSR count). The van der Waals surface area contributed by atoms with E-state index in [1.807, 2.05) is 37.9 Å². The highest BCUT2D eigenvalue weighted by Gasteiger charge is 2.37. The van der Waals surface area contributed by atoms with Gasteiger partial charge < -0.3 is 9.80 Å². The molecule has 0 saturated carbocycles. The molecule has 1 aliphatic rings. The van der Waals surface area contributed by atoms with E-state index in [1.165, 1.54) is 0 Å². The van der Waals surface area contributed by atoms with E-state index in [0.29, 0.717) is 0 Å². The standard InChI is InChI=1S/C11H15ClN2OS/c1-7(2)14-6-8(13(3)11(14)15)9-4-5-10(12)16-9/h4-5,7-8H,6H2,1-3H3. The van der Waals surface area contributed by atoms with Crippen LogP contribution in [0, 0.1) is 0 Å². The Hall–Kier alpha value is -0.740. The molecule has 1 unspecified atom stereocenters. The van der Waals surface area contributed by atoms with E-state index in [1.54, 1.807) is 16.2 Å². The van der Waals surface area contributed by atoms with E-state index in [0.717, 1.165) is 15.8 Å². The van der Waals surface area contributed by atoms with Crippen molar-refractivity contribution in [2.75, 3.05) is 13.6 Å². The van der Waals surface area contributed by atoms with Crippen molar-refractivity contribution in [2.45, 2.75) is 25.9 Å². The predicted molar refractivity (Wildman–Crippen MR) is 67.1 cm³/mol. The molecule has 0 aliphatic carbocycles. The van der Waals surface area contributed by atoms with Gasteiger partial charge >= 0.3 is 6.03 Å². The third-order valence-electron chi connectivity index (χ3n) is 2.93. The number of carbonyl (C=O) groups is 1. The van der Waals surface area contributed by atoms with Crippen LogP contribution in [0.1, 0.15) is 24.8 Å². The Balaban J connectivity index is 2.22. The quantitative estimate of drug-likeness (QED) is 0.799. The summed E-state index contributed by atoms with van der Waals surface area (Å²) in [6, 6.07) is 4.38. The molecule has 1 aromatic rings. The molecule has 1 aliphatic heterocycles. The zero-order valence-corrected chi connectivity index (χ0v) is 11.2. The molecule has 16 heavy (non-hydrogen) atoms. The number of hydrogen-bond acceptors (Lipinski definition) is 2. The molecule has 0 bridgehead atoms. The number of amides is 2. The maximum Gasteiger partial charge on any atom is 0.320 e. The van der Waals surface area contributed by atoms with Crippen molar-refractivity contribution in [2.24, 2.45) is 0 Å². The molecule has 1 atom stereocenters. The number of hydrogen-bond donors (Lipinski definition) is 0. The van der Waals surface area contributed by atoms with Crippen LogP contribution in [0.15, 0.2) is 12.1 Å². The molecule has 0 radical (unpaired) electrons. The Morgan fingerprint density at radius 1 is 1.50 bits per heavy atom. The number of thiophene rings is 1. The molecule has 2 heterocycles. The Kier molecular flexibility index (Phi) is 3.13. The summed E-state index contributed by atoms with van der Waals surface area (Å²) < 4.78 is 0.777. The predicted octanol–water partition coefficient (Wildman–Crippen LogP) is 3.22. The second kappa shape index (κ2) is 4.26. The average Bonchev–Trinajstić information content (AvgIpc) is 2.74. The number of likely N-dealkylation sites (N-methyl/N-ethyl adjacent to an activating group) is 1. The lowest BCUT2D eigenvalue weighted by Gasteiger charge is -2.19. The second-order valence-electron chi connectivity index (χ2n) is 4.30. The number of carbonyl (C=O) groups excluding carboxylic acids is 1. The van der Waals surface area contributed by atoms with Gasteiger partial charge in [-0.2, -0.15) is 0 Å². The van der Waals surface area contributed by atoms with Crippen molar-refractivity contribution < 1.29 is 4.79 Å². The summed E-state index contributed by atoms with van der Waals surface area (Å²) in [5.41, 5.74) is 0. The van der Waals surface area contributed by atoms with Gasteiger partial charge in [0.15, 0.2) is 0 Å². The Morgan fingerprint density at radius 2 is 2.19 bits per heavy atom. The molecular weight excluding hydrogens is 244 g/mol. The first-order valence-electron chi connectivity index (χ1n) is 5.29. The minimum atomic E-state index is 0.101. The van der Waals surface area contributed by atoms with Crippen molar-refractivity contribution in [3.05, 3.63) is 21.3 Å². The number of rotatable bonds is 2. The first-order chi connectivity index (χ1) is 7.50. The lowest BCUT2D eigenvalue weighted by molar-refractivity contribution is 0.187. The van der Waals surface area contributed by atoms with Crippen molar-refractivity contribution in [1.29, 1.82) is 0 Å². The summed E-state index contributed by atoms with van der Waals surface area (Å²) in [4.78, 5) is 16.8. The minimum absolute atomic E-state index is 0.101. The van der Waals surface area contributed by atoms with Gasteiger partial charge in [0.2, 0.25) is 0 Å². The van der Waals surface area contributed by atoms with Gasteiger partial charge in [0.1, 0.15) is 0 Å². The molecule has 1 aromatic heterocycles. The monoisotopic (exact) mass is 258 g/mol. The number of halogens is 1. The Morgan fingerprint density at radius 3 is 2.62 bits per heavy atom. The van der Waals surface area contributed by atoms with Crippen LogP contribution in [0.4, 0.5) is 4.79 Å². The lowest BCUT2D eigenvalue weighted by atomic mass is 10.2. The van der Waals surface area contributed by atoms with E-state index in [9.17, 15) is 4.79 Å². The van der Waals surface area contributed by atoms with E-state index >= 15 is 0 Å². The highest BCUT2D eigenvalue weighted by atomic mass is 35.5. The van der Waals surface area contributed by atoms with Gasteiger partial charge in [-0.1, -0.05) is 11.6 Å². The topological polar surface area (TPSA) is 23.6 Å². The van der Waals surface area contributed by atoms with E-state index in [4.69, 9.17) is 11.6 Å². The normalized spacial score (nSPS) is 21.3. The smallest absolute Gasteiger partial charge is 0.320 e. The third kappa shape index (κ3) is 1.92. The number of urea groups is 1. The lowest BCUT2D eigenvalue weighted by Crippen LogP contribution is -2.34. The molecule has 0 aromatic carbocycles. The zero-order chi connectivity index (χ0) is 11.9. The molecule has 5 heteroatoms. The fourth-order valence-corrected chi connectivity index (χ4v) is 3.14. The largest absolute Gasteiger partial charge is 0.320 e. The van der Waals surface area contributed by atoms with Gasteiger partial charge in [-0.3, -0.25) is 0 Å². The van der Waals surface area contributed by atoms with Crippen molar-refractivity contribution in [3.63, 3.8) is 0 Å². The molecule has 0 N–H and O–H groups in total. The van der Waals surface area contributed by atoms with Crippen LogP contribution in [0.2, 0.25) is 4.34 Å². The highest BCUT2D eigenvalue weighted by Crippen LogP contribution is 2.34. The average molecular weight is 259 g/mol. The summed E-state index contributed by atoms with van der Waals surface area (Å²) in [7, 11) is 1.85. The van der Waals surface area contributed by atoms with Crippen LogP contribution in [-0.4, -0.2) is 35.5 Å². The van der Waals surface area contributed by atoms with E-state index in [2.05, 4.69) is 0 Å². The molecule has 1 saturated heterocycles. The van der Waals surface area contributed by atoms with Crippen molar-refractivity contribution in [1.82, 2.24) is 9.80 Å². The highest BCUT2D eigenvalue weighted by molar-refractivity contribution is 7.16. The molecule has 2 amide bonds. The number of nitrogens with zero attached hydrogens (tertiary/aromatic N) is 2. The van der Waals surface area contributed by atoms with Crippen molar-refractivity contribution in [3.8, 4) is 0 Å². The summed E-state index contributed by atoms with van der Waals surface area (Å²) in [5, 5.41) is 0. The van der Waals surface area contributed by atoms with Gasteiger partial charge in [-0.25, -0.2) is 4.79 Å². The van der Waals surface area contributed by atoms with Crippen LogP contribution < -0.4 is 0 Å². The van der Waals surface area contributed by atoms with Crippen LogP contribution >= 0.6 is 22.9 Å². The van der Waals surface area contributed by atoms with Crippen LogP contribution in [0.25, 0.3) is 0 Å². The van der Waals surface area contributed by atoms with Crippen LogP contribution in [0.3, 0.4) is 0 Å². The Bertz CT molecular complexity index is 404. The summed E-state index contributed by atoms with van der Waals surface area (Å²) in [5.74, 6) is 0. The SMILES string of the molecule is CC(C)N1CC(c2ccc(Cl)s2)N(C)C1=O.